The molecule has 0 spiro atoms. The van der Waals surface area contributed by atoms with Gasteiger partial charge in [-0.05, 0) is 43.5 Å². The highest BCUT2D eigenvalue weighted by Crippen LogP contribution is 2.24. The number of carboxylic acid groups (broad SMARTS) is 1. The first-order valence-corrected chi connectivity index (χ1v) is 8.75. The second-order valence-corrected chi connectivity index (χ2v) is 7.25. The molecule has 1 unspecified atom stereocenters. The van der Waals surface area contributed by atoms with Crippen LogP contribution in [-0.4, -0.2) is 49.6 Å². The van der Waals surface area contributed by atoms with Gasteiger partial charge in [-0.25, -0.2) is 13.2 Å². The third-order valence-electron chi connectivity index (χ3n) is 3.89. The van der Waals surface area contributed by atoms with Gasteiger partial charge in [0, 0.05) is 19.2 Å². The third-order valence-corrected chi connectivity index (χ3v) is 5.91. The molecule has 1 saturated heterocycles. The summed E-state index contributed by atoms with van der Waals surface area (Å²) in [6, 6.07) is 3.96. The molecule has 22 heavy (non-hydrogen) atoms. The van der Waals surface area contributed by atoms with Crippen LogP contribution in [-0.2, 0) is 14.8 Å². The predicted octanol–water partition coefficient (Wildman–Crippen LogP) is 1.88. The van der Waals surface area contributed by atoms with Crippen molar-refractivity contribution < 1.29 is 23.1 Å². The van der Waals surface area contributed by atoms with Crippen molar-refractivity contribution in [3.05, 3.63) is 29.3 Å². The zero-order valence-electron chi connectivity index (χ0n) is 12.8. The second kappa shape index (κ2) is 6.76. The van der Waals surface area contributed by atoms with Crippen LogP contribution >= 0.6 is 0 Å². The lowest BCUT2D eigenvalue weighted by atomic mass is 10.1. The van der Waals surface area contributed by atoms with Crippen LogP contribution in [0, 0.1) is 6.92 Å². The molecule has 7 heteroatoms. The van der Waals surface area contributed by atoms with Gasteiger partial charge in [-0.1, -0.05) is 6.92 Å². The average Bonchev–Trinajstić information content (AvgIpc) is 2.48. The maximum absolute atomic E-state index is 12.8. The molecule has 0 aliphatic carbocycles. The van der Waals surface area contributed by atoms with E-state index >= 15 is 0 Å². The van der Waals surface area contributed by atoms with Gasteiger partial charge in [-0.15, -0.1) is 0 Å². The lowest BCUT2D eigenvalue weighted by Gasteiger charge is -2.32. The number of benzene rings is 1. The Bertz CT molecular complexity index is 650. The van der Waals surface area contributed by atoms with Crippen LogP contribution in [0.2, 0.25) is 0 Å². The Hall–Kier alpha value is -1.44. The molecule has 1 heterocycles. The Kier molecular flexibility index (Phi) is 5.20. The summed E-state index contributed by atoms with van der Waals surface area (Å²) in [5.41, 5.74) is 0.549. The van der Waals surface area contributed by atoms with Crippen molar-refractivity contribution in [3.63, 3.8) is 0 Å². The third kappa shape index (κ3) is 3.31. The van der Waals surface area contributed by atoms with Crippen molar-refractivity contribution in [2.75, 3.05) is 19.8 Å². The van der Waals surface area contributed by atoms with Crippen molar-refractivity contribution in [3.8, 4) is 0 Å². The number of aryl methyl sites for hydroxylation is 1. The molecule has 122 valence electrons. The molecular formula is C15H21NO5S. The number of nitrogens with zero attached hydrogens (tertiary/aromatic N) is 1. The number of aromatic carboxylic acids is 1. The Morgan fingerprint density at radius 1 is 1.45 bits per heavy atom. The standard InChI is InChI=1S/C15H21NO5S/c1-3-16(12-5-4-8-21-10-12)22(19,20)13-6-7-14(15(17)18)11(2)9-13/h6-7,9,12H,3-5,8,10H2,1-2H3,(H,17,18). The SMILES string of the molecule is CCN(C1CCCOC1)S(=O)(=O)c1ccc(C(=O)O)c(C)c1. The molecule has 0 amide bonds. The van der Waals surface area contributed by atoms with E-state index < -0.39 is 16.0 Å². The number of hydrogen-bond donors (Lipinski definition) is 1. The molecule has 0 radical (unpaired) electrons. The summed E-state index contributed by atoms with van der Waals surface area (Å²) < 4.78 is 32.5. The van der Waals surface area contributed by atoms with Crippen LogP contribution in [0.1, 0.15) is 35.7 Å². The largest absolute Gasteiger partial charge is 0.478 e. The van der Waals surface area contributed by atoms with E-state index in [9.17, 15) is 13.2 Å². The Morgan fingerprint density at radius 3 is 2.68 bits per heavy atom. The van der Waals surface area contributed by atoms with Gasteiger partial charge >= 0.3 is 5.97 Å². The van der Waals surface area contributed by atoms with Gasteiger partial charge in [-0.3, -0.25) is 0 Å². The van der Waals surface area contributed by atoms with E-state index in [4.69, 9.17) is 9.84 Å². The first-order chi connectivity index (χ1) is 10.4. The first-order valence-electron chi connectivity index (χ1n) is 7.31. The zero-order chi connectivity index (χ0) is 16.3. The normalized spacial score (nSPS) is 19.3. The van der Waals surface area contributed by atoms with Gasteiger partial charge < -0.3 is 9.84 Å². The van der Waals surface area contributed by atoms with Crippen LogP contribution < -0.4 is 0 Å². The van der Waals surface area contributed by atoms with Crippen molar-refractivity contribution in [1.29, 1.82) is 0 Å². The van der Waals surface area contributed by atoms with E-state index in [0.29, 0.717) is 25.3 Å². The summed E-state index contributed by atoms with van der Waals surface area (Å²) in [6.07, 6.45) is 1.62. The minimum atomic E-state index is -3.66. The van der Waals surface area contributed by atoms with Gasteiger partial charge in [0.2, 0.25) is 10.0 Å². The first kappa shape index (κ1) is 16.9. The van der Waals surface area contributed by atoms with Crippen LogP contribution in [0.3, 0.4) is 0 Å². The molecule has 1 aromatic rings. The Balaban J connectivity index is 2.35. The van der Waals surface area contributed by atoms with E-state index in [1.807, 2.05) is 0 Å². The smallest absolute Gasteiger partial charge is 0.335 e. The molecular weight excluding hydrogens is 306 g/mol. The summed E-state index contributed by atoms with van der Waals surface area (Å²) >= 11 is 0. The monoisotopic (exact) mass is 327 g/mol. The van der Waals surface area contributed by atoms with Crippen LogP contribution in [0.5, 0.6) is 0 Å². The number of rotatable bonds is 5. The van der Waals surface area contributed by atoms with Crippen LogP contribution in [0.25, 0.3) is 0 Å². The number of likely N-dealkylation sites (N-methyl/N-ethyl adjacent to an activating group) is 1. The van der Waals surface area contributed by atoms with E-state index in [0.717, 1.165) is 12.8 Å². The molecule has 1 aromatic carbocycles. The van der Waals surface area contributed by atoms with Crippen LogP contribution in [0.15, 0.2) is 23.1 Å². The summed E-state index contributed by atoms with van der Waals surface area (Å²) in [7, 11) is -3.66. The molecule has 0 aromatic heterocycles. The minimum Gasteiger partial charge on any atom is -0.478 e. The number of sulfonamides is 1. The van der Waals surface area contributed by atoms with Gasteiger partial charge in [0.25, 0.3) is 0 Å². The fourth-order valence-corrected chi connectivity index (χ4v) is 4.48. The van der Waals surface area contributed by atoms with Crippen LogP contribution in [0.4, 0.5) is 0 Å². The van der Waals surface area contributed by atoms with Crippen molar-refractivity contribution >= 4 is 16.0 Å². The minimum absolute atomic E-state index is 0.114. The molecule has 0 bridgehead atoms. The molecule has 2 rings (SSSR count). The predicted molar refractivity (Wildman–Crippen MR) is 81.5 cm³/mol. The quantitative estimate of drug-likeness (QED) is 0.893. The number of ether oxygens (including phenoxy) is 1. The number of carbonyl (C=O) groups is 1. The van der Waals surface area contributed by atoms with Crippen molar-refractivity contribution in [2.24, 2.45) is 0 Å². The molecule has 1 atom stereocenters. The Labute approximate surface area is 130 Å². The van der Waals surface area contributed by atoms with E-state index in [1.165, 1.54) is 22.5 Å². The maximum atomic E-state index is 12.8. The molecule has 1 aliphatic rings. The highest BCUT2D eigenvalue weighted by atomic mass is 32.2. The van der Waals surface area contributed by atoms with E-state index in [2.05, 4.69) is 0 Å². The lowest BCUT2D eigenvalue weighted by Crippen LogP contribution is -2.44. The van der Waals surface area contributed by atoms with E-state index in [-0.39, 0.29) is 16.5 Å². The molecule has 1 aliphatic heterocycles. The highest BCUT2D eigenvalue weighted by Gasteiger charge is 2.31. The topological polar surface area (TPSA) is 83.9 Å². The van der Waals surface area contributed by atoms with Gasteiger partial charge in [0.15, 0.2) is 0 Å². The lowest BCUT2D eigenvalue weighted by molar-refractivity contribution is 0.0467. The van der Waals surface area contributed by atoms with E-state index in [1.54, 1.807) is 13.8 Å². The number of hydrogen-bond acceptors (Lipinski definition) is 4. The zero-order valence-corrected chi connectivity index (χ0v) is 13.6. The summed E-state index contributed by atoms with van der Waals surface area (Å²) in [6.45, 7) is 4.82. The average molecular weight is 327 g/mol. The van der Waals surface area contributed by atoms with Crippen molar-refractivity contribution in [2.45, 2.75) is 37.6 Å². The molecule has 6 nitrogen and oxygen atoms in total. The molecule has 1 N–H and O–H groups in total. The van der Waals surface area contributed by atoms with Crippen molar-refractivity contribution in [1.82, 2.24) is 4.31 Å². The summed E-state index contributed by atoms with van der Waals surface area (Å²) in [5.74, 6) is -1.06. The van der Waals surface area contributed by atoms with Gasteiger partial charge in [0.1, 0.15) is 0 Å². The van der Waals surface area contributed by atoms with Gasteiger partial charge in [-0.2, -0.15) is 4.31 Å². The fraction of sp³-hybridized carbons (Fsp3) is 0.533. The Morgan fingerprint density at radius 2 is 2.18 bits per heavy atom. The molecule has 1 fully saturated rings. The second-order valence-electron chi connectivity index (χ2n) is 5.36. The summed E-state index contributed by atoms with van der Waals surface area (Å²) in [4.78, 5) is 11.2. The highest BCUT2D eigenvalue weighted by molar-refractivity contribution is 7.89. The maximum Gasteiger partial charge on any atom is 0.335 e. The van der Waals surface area contributed by atoms with Gasteiger partial charge in [0.05, 0.1) is 17.1 Å². The summed E-state index contributed by atoms with van der Waals surface area (Å²) in [5, 5.41) is 9.04. The molecule has 0 saturated carbocycles. The number of carboxylic acids is 1. The fourth-order valence-electron chi connectivity index (χ4n) is 2.75.